The maximum Gasteiger partial charge on any atom is 0.278 e. The minimum atomic E-state index is -0.101. The van der Waals surface area contributed by atoms with Crippen LogP contribution < -0.4 is 5.56 Å². The monoisotopic (exact) mass is 244 g/mol. The number of hydrogen-bond donors (Lipinski definition) is 1. The molecule has 2 atom stereocenters. The molecule has 0 fully saturated rings. The van der Waals surface area contributed by atoms with Crippen LogP contribution in [0.25, 0.3) is 11.1 Å². The summed E-state index contributed by atoms with van der Waals surface area (Å²) in [6, 6.07) is 9.63. The van der Waals surface area contributed by atoms with Crippen molar-refractivity contribution in [1.29, 1.82) is 0 Å². The highest BCUT2D eigenvalue weighted by molar-refractivity contribution is 5.67. The summed E-state index contributed by atoms with van der Waals surface area (Å²) in [6.45, 7) is 4.03. The minimum Gasteiger partial charge on any atom is -0.493 e. The Labute approximate surface area is 105 Å². The lowest BCUT2D eigenvalue weighted by Gasteiger charge is -2.07. The first-order valence-corrected chi connectivity index (χ1v) is 6.22. The molecule has 1 N–H and O–H groups in total. The van der Waals surface area contributed by atoms with Crippen molar-refractivity contribution in [1.82, 2.24) is 9.36 Å². The van der Waals surface area contributed by atoms with Crippen molar-refractivity contribution in [2.24, 2.45) is 0 Å². The van der Waals surface area contributed by atoms with Gasteiger partial charge in [-0.1, -0.05) is 30.3 Å². The van der Waals surface area contributed by atoms with Gasteiger partial charge in [0.1, 0.15) is 5.56 Å². The fourth-order valence-corrected chi connectivity index (χ4v) is 2.91. The Hall–Kier alpha value is -1.97. The predicted molar refractivity (Wildman–Crippen MR) is 69.8 cm³/mol. The third kappa shape index (κ3) is 1.35. The normalized spacial score (nSPS) is 22.1. The number of fused-ring (bicyclic) bond motifs is 1. The second-order valence-electron chi connectivity index (χ2n) is 4.99. The van der Waals surface area contributed by atoms with Crippen LogP contribution in [0.5, 0.6) is 5.88 Å². The molecule has 1 aliphatic rings. The molecule has 0 radical (unpaired) electrons. The van der Waals surface area contributed by atoms with Gasteiger partial charge in [-0.25, -0.2) is 9.36 Å². The van der Waals surface area contributed by atoms with Gasteiger partial charge >= 0.3 is 0 Å². The van der Waals surface area contributed by atoms with Gasteiger partial charge in [-0.3, -0.25) is 4.79 Å². The number of aromatic hydroxyl groups is 1. The molecule has 0 saturated heterocycles. The van der Waals surface area contributed by atoms with Crippen molar-refractivity contribution in [2.75, 3.05) is 0 Å². The first kappa shape index (κ1) is 11.1. The third-order valence-electron chi connectivity index (χ3n) is 3.67. The minimum absolute atomic E-state index is 0.0862. The van der Waals surface area contributed by atoms with Gasteiger partial charge in [0, 0.05) is 0 Å². The molecular formula is C14H16N2O2. The summed E-state index contributed by atoms with van der Waals surface area (Å²) in [6.07, 6.45) is 0.887. The molecule has 2 aromatic rings. The molecule has 4 heteroatoms. The number of aromatic nitrogens is 2. The second kappa shape index (κ2) is 3.77. The molecule has 1 aromatic carbocycles. The van der Waals surface area contributed by atoms with E-state index in [1.165, 1.54) is 0 Å². The van der Waals surface area contributed by atoms with Crippen LogP contribution in [0.1, 0.15) is 32.4 Å². The first-order chi connectivity index (χ1) is 8.61. The van der Waals surface area contributed by atoms with E-state index in [-0.39, 0.29) is 23.5 Å². The quantitative estimate of drug-likeness (QED) is 0.838. The van der Waals surface area contributed by atoms with Crippen LogP contribution in [-0.2, 0) is 0 Å². The summed E-state index contributed by atoms with van der Waals surface area (Å²) in [5.74, 6) is 0.0862. The lowest BCUT2D eigenvalue weighted by Crippen LogP contribution is -2.20. The maximum absolute atomic E-state index is 12.4. The van der Waals surface area contributed by atoms with Crippen molar-refractivity contribution in [3.05, 3.63) is 40.7 Å². The van der Waals surface area contributed by atoms with Crippen LogP contribution in [0.4, 0.5) is 0 Å². The summed E-state index contributed by atoms with van der Waals surface area (Å²) in [7, 11) is 0. The smallest absolute Gasteiger partial charge is 0.278 e. The van der Waals surface area contributed by atoms with Crippen LogP contribution in [0.3, 0.4) is 0 Å². The highest BCUT2D eigenvalue weighted by Crippen LogP contribution is 2.37. The Morgan fingerprint density at radius 1 is 1.11 bits per heavy atom. The molecule has 2 heterocycles. The summed E-state index contributed by atoms with van der Waals surface area (Å²) in [5.41, 5.74) is 1.08. The maximum atomic E-state index is 12.4. The van der Waals surface area contributed by atoms with Crippen molar-refractivity contribution in [3.8, 4) is 17.0 Å². The van der Waals surface area contributed by atoms with Gasteiger partial charge < -0.3 is 5.11 Å². The Balaban J connectivity index is 2.29. The molecule has 0 spiro atoms. The summed E-state index contributed by atoms with van der Waals surface area (Å²) in [5, 5.41) is 10.3. The zero-order chi connectivity index (χ0) is 12.9. The molecule has 18 heavy (non-hydrogen) atoms. The number of benzene rings is 1. The molecule has 2 unspecified atom stereocenters. The van der Waals surface area contributed by atoms with Crippen LogP contribution in [0.15, 0.2) is 35.1 Å². The average molecular weight is 244 g/mol. The van der Waals surface area contributed by atoms with Gasteiger partial charge in [0.15, 0.2) is 0 Å². The molecule has 4 nitrogen and oxygen atoms in total. The largest absolute Gasteiger partial charge is 0.493 e. The van der Waals surface area contributed by atoms with Crippen LogP contribution in [0, 0.1) is 0 Å². The summed E-state index contributed by atoms with van der Waals surface area (Å²) in [4.78, 5) is 12.4. The Bertz CT molecular complexity index is 640. The van der Waals surface area contributed by atoms with Crippen LogP contribution in [0.2, 0.25) is 0 Å². The van der Waals surface area contributed by atoms with Crippen molar-refractivity contribution < 1.29 is 5.11 Å². The van der Waals surface area contributed by atoms with Crippen molar-refractivity contribution in [3.63, 3.8) is 0 Å². The molecule has 0 saturated carbocycles. The van der Waals surface area contributed by atoms with Crippen molar-refractivity contribution >= 4 is 0 Å². The van der Waals surface area contributed by atoms with E-state index in [0.29, 0.717) is 5.56 Å². The summed E-state index contributed by atoms with van der Waals surface area (Å²) < 4.78 is 3.39. The number of rotatable bonds is 1. The predicted octanol–water partition coefficient (Wildman–Crippen LogP) is 2.55. The molecule has 1 aliphatic heterocycles. The van der Waals surface area contributed by atoms with E-state index in [4.69, 9.17) is 0 Å². The molecule has 0 amide bonds. The van der Waals surface area contributed by atoms with E-state index in [1.54, 1.807) is 9.36 Å². The Kier molecular flexibility index (Phi) is 2.33. The van der Waals surface area contributed by atoms with Crippen LogP contribution >= 0.6 is 0 Å². The fourth-order valence-electron chi connectivity index (χ4n) is 2.91. The lowest BCUT2D eigenvalue weighted by atomic mass is 10.1. The molecule has 0 bridgehead atoms. The molecule has 1 aromatic heterocycles. The van der Waals surface area contributed by atoms with Gasteiger partial charge in [0.05, 0.1) is 12.1 Å². The van der Waals surface area contributed by atoms with Gasteiger partial charge in [-0.2, -0.15) is 0 Å². The Morgan fingerprint density at radius 3 is 2.33 bits per heavy atom. The van der Waals surface area contributed by atoms with E-state index in [2.05, 4.69) is 0 Å². The van der Waals surface area contributed by atoms with Gasteiger partial charge in [0.25, 0.3) is 5.56 Å². The van der Waals surface area contributed by atoms with E-state index >= 15 is 0 Å². The van der Waals surface area contributed by atoms with E-state index < -0.39 is 0 Å². The van der Waals surface area contributed by atoms with E-state index in [9.17, 15) is 9.90 Å². The average Bonchev–Trinajstić information content (AvgIpc) is 2.79. The number of hydrogen-bond acceptors (Lipinski definition) is 2. The van der Waals surface area contributed by atoms with Gasteiger partial charge in [-0.05, 0) is 25.8 Å². The standard InChI is InChI=1S/C14H16N2O2/c1-9-8-10(2)16-14(18)12(13(17)15(9)16)11-6-4-3-5-7-11/h3-7,9-10,17H,8H2,1-2H3. The summed E-state index contributed by atoms with van der Waals surface area (Å²) >= 11 is 0. The van der Waals surface area contributed by atoms with E-state index in [1.807, 2.05) is 44.2 Å². The molecule has 94 valence electrons. The highest BCUT2D eigenvalue weighted by atomic mass is 16.3. The Morgan fingerprint density at radius 2 is 1.72 bits per heavy atom. The van der Waals surface area contributed by atoms with E-state index in [0.717, 1.165) is 12.0 Å². The van der Waals surface area contributed by atoms with Crippen molar-refractivity contribution in [2.45, 2.75) is 32.4 Å². The molecule has 0 aliphatic carbocycles. The second-order valence-corrected chi connectivity index (χ2v) is 4.99. The first-order valence-electron chi connectivity index (χ1n) is 6.22. The zero-order valence-corrected chi connectivity index (χ0v) is 10.5. The van der Waals surface area contributed by atoms with Gasteiger partial charge in [0.2, 0.25) is 5.88 Å². The zero-order valence-electron chi connectivity index (χ0n) is 10.5. The molecular weight excluding hydrogens is 228 g/mol. The lowest BCUT2D eigenvalue weighted by molar-refractivity contribution is 0.372. The molecule has 3 rings (SSSR count). The number of nitrogens with zero attached hydrogens (tertiary/aromatic N) is 2. The third-order valence-corrected chi connectivity index (χ3v) is 3.67. The fraction of sp³-hybridized carbons (Fsp3) is 0.357. The topological polar surface area (TPSA) is 47.2 Å². The van der Waals surface area contributed by atoms with Crippen LogP contribution in [-0.4, -0.2) is 14.5 Å². The SMILES string of the molecule is CC1CC(C)n2c(=O)c(-c3ccccc3)c(O)n21. The van der Waals surface area contributed by atoms with Gasteiger partial charge in [-0.15, -0.1) is 0 Å². The highest BCUT2D eigenvalue weighted by Gasteiger charge is 2.32.